The van der Waals surface area contributed by atoms with E-state index in [9.17, 15) is 9.90 Å². The van der Waals surface area contributed by atoms with Crippen LogP contribution in [0.5, 0.6) is 0 Å². The molecule has 3 rings (SSSR count). The number of fused-ring (bicyclic) bond motifs is 3. The summed E-state index contributed by atoms with van der Waals surface area (Å²) in [5.74, 6) is -0.289. The van der Waals surface area contributed by atoms with Gasteiger partial charge in [0, 0.05) is 11.4 Å². The molecule has 3 atom stereocenters. The monoisotopic (exact) mass is 367 g/mol. The van der Waals surface area contributed by atoms with Gasteiger partial charge in [0.25, 0.3) is 0 Å². The molecule has 1 aromatic carbocycles. The van der Waals surface area contributed by atoms with E-state index in [1.54, 1.807) is 0 Å². The molecule has 2 heterocycles. The van der Waals surface area contributed by atoms with E-state index < -0.39 is 5.97 Å². The summed E-state index contributed by atoms with van der Waals surface area (Å²) in [6, 6.07) is 8.20. The number of aliphatic carboxylic acids is 1. The van der Waals surface area contributed by atoms with Crippen molar-refractivity contribution in [2.24, 2.45) is 11.8 Å². The normalized spacial score (nSPS) is 15.1. The molecule has 0 aliphatic carbocycles. The zero-order valence-electron chi connectivity index (χ0n) is 16.4. The van der Waals surface area contributed by atoms with Crippen LogP contribution < -0.4 is 0 Å². The Bertz CT molecular complexity index is 918. The highest BCUT2D eigenvalue weighted by atomic mass is 16.4. The van der Waals surface area contributed by atoms with E-state index in [0.717, 1.165) is 47.6 Å². The van der Waals surface area contributed by atoms with Crippen molar-refractivity contribution in [1.29, 1.82) is 0 Å². The van der Waals surface area contributed by atoms with Crippen molar-refractivity contribution in [2.45, 2.75) is 58.9 Å². The number of pyridine rings is 1. The lowest BCUT2D eigenvalue weighted by Crippen LogP contribution is -2.27. The lowest BCUT2D eigenvalue weighted by Gasteiger charge is -2.32. The summed E-state index contributed by atoms with van der Waals surface area (Å²) in [6.07, 6.45) is 8.09. The van der Waals surface area contributed by atoms with E-state index >= 15 is 0 Å². The Kier molecular flexibility index (Phi) is 6.09. The third-order valence-corrected chi connectivity index (χ3v) is 5.67. The van der Waals surface area contributed by atoms with Gasteiger partial charge in [0.15, 0.2) is 0 Å². The summed E-state index contributed by atoms with van der Waals surface area (Å²) in [5.41, 5.74) is 2.88. The third kappa shape index (κ3) is 3.97. The fourth-order valence-corrected chi connectivity index (χ4v) is 4.28. The van der Waals surface area contributed by atoms with Crippen LogP contribution in [-0.2, 0) is 4.79 Å². The predicted octanol–water partition coefficient (Wildman–Crippen LogP) is 5.45. The quantitative estimate of drug-likeness (QED) is 0.546. The highest BCUT2D eigenvalue weighted by Crippen LogP contribution is 2.37. The van der Waals surface area contributed by atoms with Gasteiger partial charge in [-0.3, -0.25) is 9.78 Å². The maximum absolute atomic E-state index is 11.5. The van der Waals surface area contributed by atoms with E-state index in [1.165, 1.54) is 0 Å². The number of nitrogens with zero attached hydrogens (tertiary/aromatic N) is 3. The van der Waals surface area contributed by atoms with Crippen molar-refractivity contribution in [3.8, 4) is 0 Å². The Morgan fingerprint density at radius 3 is 2.67 bits per heavy atom. The molecule has 3 aromatic rings. The Morgan fingerprint density at radius 1 is 1.19 bits per heavy atom. The van der Waals surface area contributed by atoms with Crippen molar-refractivity contribution in [3.63, 3.8) is 0 Å². The van der Waals surface area contributed by atoms with E-state index in [1.807, 2.05) is 30.7 Å². The standard InChI is InChI=1S/C22H29N3O2/c1-4-6-9-15(3)21(16(5-2)12-20(26)27)25-14-24-19-13-23-18-11-8-7-10-17(18)22(19)25/h7-8,10-11,13-16,21H,4-6,9,12H2,1-3H3,(H,26,27). The van der Waals surface area contributed by atoms with Crippen LogP contribution in [0.4, 0.5) is 0 Å². The van der Waals surface area contributed by atoms with Crippen LogP contribution in [0.25, 0.3) is 21.9 Å². The molecule has 0 saturated heterocycles. The molecule has 0 spiro atoms. The summed E-state index contributed by atoms with van der Waals surface area (Å²) in [6.45, 7) is 6.54. The number of unbranched alkanes of at least 4 members (excludes halogenated alkanes) is 1. The number of benzene rings is 1. The van der Waals surface area contributed by atoms with Gasteiger partial charge in [0.1, 0.15) is 5.52 Å². The number of carboxylic acid groups (broad SMARTS) is 1. The molecule has 2 aromatic heterocycles. The van der Waals surface area contributed by atoms with E-state index in [0.29, 0.717) is 5.92 Å². The average molecular weight is 367 g/mol. The summed E-state index contributed by atoms with van der Waals surface area (Å²) < 4.78 is 2.23. The highest BCUT2D eigenvalue weighted by Gasteiger charge is 2.30. The Labute approximate surface area is 160 Å². The van der Waals surface area contributed by atoms with Crippen LogP contribution >= 0.6 is 0 Å². The minimum absolute atomic E-state index is 0.0682. The second kappa shape index (κ2) is 8.51. The fourth-order valence-electron chi connectivity index (χ4n) is 4.28. The number of rotatable bonds is 9. The molecule has 5 heteroatoms. The maximum Gasteiger partial charge on any atom is 0.303 e. The van der Waals surface area contributed by atoms with Gasteiger partial charge < -0.3 is 9.67 Å². The van der Waals surface area contributed by atoms with Gasteiger partial charge in [0.05, 0.1) is 30.0 Å². The summed E-state index contributed by atoms with van der Waals surface area (Å²) in [4.78, 5) is 20.6. The average Bonchev–Trinajstić information content (AvgIpc) is 3.09. The van der Waals surface area contributed by atoms with Crippen LogP contribution in [-0.4, -0.2) is 25.6 Å². The first kappa shape index (κ1) is 19.3. The van der Waals surface area contributed by atoms with E-state index in [-0.39, 0.29) is 18.4 Å². The molecule has 0 saturated carbocycles. The molecular weight excluding hydrogens is 338 g/mol. The molecule has 0 fully saturated rings. The van der Waals surface area contributed by atoms with Crippen molar-refractivity contribution >= 4 is 27.9 Å². The molecule has 5 nitrogen and oxygen atoms in total. The fraction of sp³-hybridized carbons (Fsp3) is 0.500. The molecule has 27 heavy (non-hydrogen) atoms. The van der Waals surface area contributed by atoms with E-state index in [2.05, 4.69) is 41.4 Å². The van der Waals surface area contributed by atoms with Crippen molar-refractivity contribution in [2.75, 3.05) is 0 Å². The first-order valence-corrected chi connectivity index (χ1v) is 9.98. The zero-order chi connectivity index (χ0) is 19.4. The number of carboxylic acids is 1. The number of imidazole rings is 1. The molecule has 0 radical (unpaired) electrons. The van der Waals surface area contributed by atoms with Gasteiger partial charge in [-0.05, 0) is 24.3 Å². The molecule has 0 aliphatic rings. The van der Waals surface area contributed by atoms with Crippen molar-refractivity contribution in [1.82, 2.24) is 14.5 Å². The second-order valence-electron chi connectivity index (χ2n) is 7.54. The number of hydrogen-bond donors (Lipinski definition) is 1. The third-order valence-electron chi connectivity index (χ3n) is 5.67. The Hall–Kier alpha value is -2.43. The number of hydrogen-bond acceptors (Lipinski definition) is 3. The largest absolute Gasteiger partial charge is 0.481 e. The second-order valence-corrected chi connectivity index (χ2v) is 7.54. The number of para-hydroxylation sites is 1. The SMILES string of the molecule is CCCCC(C)C(C(CC)CC(=O)O)n1cnc2cnc3ccccc3c21. The molecule has 0 aliphatic heterocycles. The summed E-state index contributed by atoms with van der Waals surface area (Å²) in [5, 5.41) is 10.5. The highest BCUT2D eigenvalue weighted by molar-refractivity contribution is 6.02. The molecule has 0 bridgehead atoms. The van der Waals surface area contributed by atoms with Crippen molar-refractivity contribution < 1.29 is 9.90 Å². The summed E-state index contributed by atoms with van der Waals surface area (Å²) in [7, 11) is 0. The molecule has 0 amide bonds. The van der Waals surface area contributed by atoms with Gasteiger partial charge in [0.2, 0.25) is 0 Å². The van der Waals surface area contributed by atoms with Gasteiger partial charge in [-0.2, -0.15) is 0 Å². The Morgan fingerprint density at radius 2 is 1.96 bits per heavy atom. The molecule has 144 valence electrons. The van der Waals surface area contributed by atoms with Crippen LogP contribution in [0, 0.1) is 11.8 Å². The van der Waals surface area contributed by atoms with Crippen molar-refractivity contribution in [3.05, 3.63) is 36.8 Å². The topological polar surface area (TPSA) is 68.0 Å². The van der Waals surface area contributed by atoms with Gasteiger partial charge in [-0.25, -0.2) is 4.98 Å². The first-order valence-electron chi connectivity index (χ1n) is 9.98. The van der Waals surface area contributed by atoms with Crippen LogP contribution in [0.2, 0.25) is 0 Å². The van der Waals surface area contributed by atoms with Crippen LogP contribution in [0.3, 0.4) is 0 Å². The van der Waals surface area contributed by atoms with Crippen LogP contribution in [0.1, 0.15) is 58.9 Å². The Balaban J connectivity index is 2.16. The predicted molar refractivity (Wildman–Crippen MR) is 109 cm³/mol. The van der Waals surface area contributed by atoms with Crippen LogP contribution in [0.15, 0.2) is 36.8 Å². The van der Waals surface area contributed by atoms with Gasteiger partial charge in [-0.15, -0.1) is 0 Å². The number of aromatic nitrogens is 3. The smallest absolute Gasteiger partial charge is 0.303 e. The summed E-state index contributed by atoms with van der Waals surface area (Å²) >= 11 is 0. The van der Waals surface area contributed by atoms with Gasteiger partial charge >= 0.3 is 5.97 Å². The van der Waals surface area contributed by atoms with Gasteiger partial charge in [-0.1, -0.05) is 58.2 Å². The zero-order valence-corrected chi connectivity index (χ0v) is 16.4. The first-order chi connectivity index (χ1) is 13.1. The molecule has 3 unspecified atom stereocenters. The lowest BCUT2D eigenvalue weighted by atomic mass is 9.82. The minimum atomic E-state index is -0.731. The number of carbonyl (C=O) groups is 1. The molecule has 1 N–H and O–H groups in total. The minimum Gasteiger partial charge on any atom is -0.481 e. The lowest BCUT2D eigenvalue weighted by molar-refractivity contribution is -0.138. The van der Waals surface area contributed by atoms with E-state index in [4.69, 9.17) is 0 Å². The molecular formula is C22H29N3O2. The maximum atomic E-state index is 11.5.